The van der Waals surface area contributed by atoms with E-state index in [0.717, 1.165) is 17.1 Å². The Morgan fingerprint density at radius 2 is 2.04 bits per heavy atom. The number of ether oxygens (including phenoxy) is 1. The van der Waals surface area contributed by atoms with E-state index in [1.54, 1.807) is 12.1 Å². The Labute approximate surface area is 169 Å². The molecule has 0 spiro atoms. The zero-order valence-corrected chi connectivity index (χ0v) is 17.9. The van der Waals surface area contributed by atoms with Crippen molar-refractivity contribution in [3.05, 3.63) is 46.4 Å². The second kappa shape index (κ2) is 7.95. The fourth-order valence-corrected chi connectivity index (χ4v) is 4.55. The fourth-order valence-electron chi connectivity index (χ4n) is 2.37. The number of aryl methyl sites for hydroxylation is 1. The average molecular weight is 469 g/mol. The lowest BCUT2D eigenvalue weighted by Crippen LogP contribution is -2.20. The molecule has 0 bridgehead atoms. The van der Waals surface area contributed by atoms with Crippen LogP contribution >= 0.6 is 27.3 Å². The summed E-state index contributed by atoms with van der Waals surface area (Å²) in [6.45, 7) is 1.90. The number of nitrogens with zero attached hydrogens (tertiary/aromatic N) is 1. The number of hydrogen-bond donors (Lipinski definition) is 1. The first-order valence-corrected chi connectivity index (χ1v) is 11.6. The summed E-state index contributed by atoms with van der Waals surface area (Å²) in [5.41, 5.74) is 1.79. The normalized spacial score (nSPS) is 11.5. The molecule has 3 aromatic rings. The maximum atomic E-state index is 12.1. The van der Waals surface area contributed by atoms with Crippen LogP contribution in [0.1, 0.15) is 12.5 Å². The molecule has 142 valence electrons. The molecule has 0 saturated heterocycles. The minimum Gasteiger partial charge on any atom is -0.483 e. The van der Waals surface area contributed by atoms with Gasteiger partial charge in [-0.05, 0) is 58.2 Å². The van der Waals surface area contributed by atoms with Crippen molar-refractivity contribution in [1.29, 1.82) is 0 Å². The first kappa shape index (κ1) is 19.8. The Hall–Kier alpha value is -1.97. The monoisotopic (exact) mass is 468 g/mol. The van der Waals surface area contributed by atoms with Crippen molar-refractivity contribution in [3.8, 4) is 5.75 Å². The molecule has 0 atom stereocenters. The van der Waals surface area contributed by atoms with Gasteiger partial charge in [-0.3, -0.25) is 10.1 Å². The van der Waals surface area contributed by atoms with Crippen LogP contribution in [-0.2, 0) is 21.1 Å². The third-order valence-corrected chi connectivity index (χ3v) is 6.46. The Bertz CT molecular complexity index is 1110. The van der Waals surface area contributed by atoms with Crippen LogP contribution in [0.15, 0.2) is 45.8 Å². The largest absolute Gasteiger partial charge is 0.483 e. The zero-order valence-electron chi connectivity index (χ0n) is 14.7. The molecule has 0 aliphatic heterocycles. The summed E-state index contributed by atoms with van der Waals surface area (Å²) in [5, 5.41) is 3.07. The number of thiazole rings is 1. The molecule has 0 aliphatic carbocycles. The fraction of sp³-hybridized carbons (Fsp3) is 0.222. The van der Waals surface area contributed by atoms with Crippen LogP contribution in [0.5, 0.6) is 5.75 Å². The number of carbonyl (C=O) groups is 1. The van der Waals surface area contributed by atoms with E-state index in [-0.39, 0.29) is 17.4 Å². The quantitative estimate of drug-likeness (QED) is 0.589. The van der Waals surface area contributed by atoms with Gasteiger partial charge in [-0.25, -0.2) is 13.4 Å². The summed E-state index contributed by atoms with van der Waals surface area (Å²) in [4.78, 5) is 16.7. The van der Waals surface area contributed by atoms with Crippen molar-refractivity contribution >= 4 is 58.4 Å². The van der Waals surface area contributed by atoms with Gasteiger partial charge in [0.05, 0.1) is 19.6 Å². The minimum absolute atomic E-state index is 0.158. The van der Waals surface area contributed by atoms with E-state index in [0.29, 0.717) is 21.1 Å². The summed E-state index contributed by atoms with van der Waals surface area (Å²) in [6.07, 6.45) is 2.07. The molecule has 0 unspecified atom stereocenters. The third-order valence-electron chi connectivity index (χ3n) is 3.80. The smallest absolute Gasteiger partial charge is 0.264 e. The van der Waals surface area contributed by atoms with E-state index in [1.807, 2.05) is 18.2 Å². The van der Waals surface area contributed by atoms with Crippen molar-refractivity contribution in [2.24, 2.45) is 0 Å². The molecule has 0 saturated carbocycles. The van der Waals surface area contributed by atoms with Crippen molar-refractivity contribution in [2.75, 3.05) is 18.2 Å². The number of carbonyl (C=O) groups excluding carboxylic acids is 1. The van der Waals surface area contributed by atoms with Crippen LogP contribution in [0.25, 0.3) is 10.2 Å². The highest BCUT2D eigenvalue weighted by molar-refractivity contribution is 9.10. The molecule has 1 N–H and O–H groups in total. The molecule has 0 radical (unpaired) electrons. The standard InChI is InChI=1S/C18H17BrN2O4S2/c1-3-11-4-7-15(13(19)8-11)25-10-17(22)21-18-20-14-6-5-12(27(2,23)24)9-16(14)26-18/h4-9H,3,10H2,1-2H3,(H,20,21,22). The lowest BCUT2D eigenvalue weighted by molar-refractivity contribution is -0.118. The van der Waals surface area contributed by atoms with Crippen molar-refractivity contribution in [3.63, 3.8) is 0 Å². The number of hydrogen-bond acceptors (Lipinski definition) is 6. The molecule has 3 rings (SSSR count). The zero-order chi connectivity index (χ0) is 19.6. The predicted octanol–water partition coefficient (Wildman–Crippen LogP) is 4.04. The molecule has 27 heavy (non-hydrogen) atoms. The van der Waals surface area contributed by atoms with Crippen LogP contribution in [-0.4, -0.2) is 32.2 Å². The van der Waals surface area contributed by atoms with Crippen molar-refractivity contribution < 1.29 is 17.9 Å². The summed E-state index contributed by atoms with van der Waals surface area (Å²) in [5.74, 6) is 0.244. The predicted molar refractivity (Wildman–Crippen MR) is 110 cm³/mol. The van der Waals surface area contributed by atoms with E-state index in [4.69, 9.17) is 4.74 Å². The molecule has 9 heteroatoms. The van der Waals surface area contributed by atoms with Gasteiger partial charge in [-0.1, -0.05) is 24.3 Å². The van der Waals surface area contributed by atoms with Crippen LogP contribution in [0.2, 0.25) is 0 Å². The Morgan fingerprint density at radius 1 is 1.26 bits per heavy atom. The van der Waals surface area contributed by atoms with E-state index in [1.165, 1.54) is 23.0 Å². The van der Waals surface area contributed by atoms with Crippen molar-refractivity contribution in [2.45, 2.75) is 18.2 Å². The Kier molecular flexibility index (Phi) is 5.83. The number of nitrogens with one attached hydrogen (secondary N) is 1. The minimum atomic E-state index is -3.29. The lowest BCUT2D eigenvalue weighted by atomic mass is 10.2. The van der Waals surface area contributed by atoms with Crippen molar-refractivity contribution in [1.82, 2.24) is 4.98 Å². The third kappa shape index (κ3) is 4.85. The number of benzene rings is 2. The molecule has 0 aliphatic rings. The SMILES string of the molecule is CCc1ccc(OCC(=O)Nc2nc3ccc(S(C)(=O)=O)cc3s2)c(Br)c1. The first-order valence-electron chi connectivity index (χ1n) is 8.08. The number of sulfone groups is 1. The van der Waals surface area contributed by atoms with Gasteiger partial charge in [0.2, 0.25) is 0 Å². The van der Waals surface area contributed by atoms with Crippen LogP contribution in [0, 0.1) is 0 Å². The van der Waals surface area contributed by atoms with Gasteiger partial charge in [0.15, 0.2) is 21.6 Å². The molecule has 6 nitrogen and oxygen atoms in total. The van der Waals surface area contributed by atoms with E-state index in [2.05, 4.69) is 33.2 Å². The molecular weight excluding hydrogens is 452 g/mol. The maximum absolute atomic E-state index is 12.1. The highest BCUT2D eigenvalue weighted by Gasteiger charge is 2.13. The van der Waals surface area contributed by atoms with E-state index >= 15 is 0 Å². The number of fused-ring (bicyclic) bond motifs is 1. The topological polar surface area (TPSA) is 85.4 Å². The van der Waals surface area contributed by atoms with Crippen LogP contribution < -0.4 is 10.1 Å². The maximum Gasteiger partial charge on any atom is 0.264 e. The Balaban J connectivity index is 1.67. The molecule has 1 amide bonds. The summed E-state index contributed by atoms with van der Waals surface area (Å²) in [7, 11) is -3.29. The lowest BCUT2D eigenvalue weighted by Gasteiger charge is -2.08. The van der Waals surface area contributed by atoms with Gasteiger partial charge in [0.25, 0.3) is 5.91 Å². The number of halogens is 1. The highest BCUT2D eigenvalue weighted by Crippen LogP contribution is 2.29. The van der Waals surface area contributed by atoms with Gasteiger partial charge in [0, 0.05) is 6.26 Å². The number of anilines is 1. The van der Waals surface area contributed by atoms with E-state index in [9.17, 15) is 13.2 Å². The second-order valence-corrected chi connectivity index (χ2v) is 9.78. The molecule has 1 heterocycles. The Morgan fingerprint density at radius 3 is 2.70 bits per heavy atom. The van der Waals surface area contributed by atoms with Gasteiger partial charge in [-0.15, -0.1) is 0 Å². The molecule has 0 fully saturated rings. The summed E-state index contributed by atoms with van der Waals surface area (Å²) >= 11 is 4.65. The summed E-state index contributed by atoms with van der Waals surface area (Å²) in [6, 6.07) is 10.4. The first-order chi connectivity index (χ1) is 12.8. The number of amides is 1. The highest BCUT2D eigenvalue weighted by atomic mass is 79.9. The van der Waals surface area contributed by atoms with Crippen LogP contribution in [0.4, 0.5) is 5.13 Å². The van der Waals surface area contributed by atoms with Crippen LogP contribution in [0.3, 0.4) is 0 Å². The van der Waals surface area contributed by atoms with Gasteiger partial charge in [0.1, 0.15) is 5.75 Å². The van der Waals surface area contributed by atoms with Gasteiger partial charge < -0.3 is 4.74 Å². The number of rotatable bonds is 6. The van der Waals surface area contributed by atoms with E-state index < -0.39 is 9.84 Å². The molecule has 1 aromatic heterocycles. The molecular formula is C18H17BrN2O4S2. The summed E-state index contributed by atoms with van der Waals surface area (Å²) < 4.78 is 30.3. The van der Waals surface area contributed by atoms with Gasteiger partial charge >= 0.3 is 0 Å². The second-order valence-electron chi connectivity index (χ2n) is 5.88. The average Bonchev–Trinajstić information content (AvgIpc) is 3.01. The van der Waals surface area contributed by atoms with Gasteiger partial charge in [-0.2, -0.15) is 0 Å². The molecule has 2 aromatic carbocycles. The number of aromatic nitrogens is 1.